The highest BCUT2D eigenvalue weighted by Crippen LogP contribution is 2.16. The molecule has 0 aliphatic carbocycles. The number of ether oxygens (including phenoxy) is 1. The second kappa shape index (κ2) is 7.74. The van der Waals surface area contributed by atoms with Gasteiger partial charge in [0.1, 0.15) is 0 Å². The molecule has 104 valence electrons. The first kappa shape index (κ1) is 15.4. The summed E-state index contributed by atoms with van der Waals surface area (Å²) < 4.78 is 4.55. The van der Waals surface area contributed by atoms with Crippen molar-refractivity contribution in [1.29, 1.82) is 0 Å². The molecule has 0 atom stereocenters. The summed E-state index contributed by atoms with van der Waals surface area (Å²) in [5.74, 6) is -0.304. The number of likely N-dealkylation sites (N-methyl/N-ethyl adjacent to an activating group) is 1. The minimum atomic E-state index is -0.245. The summed E-state index contributed by atoms with van der Waals surface area (Å²) in [5.41, 5.74) is 0. The molecule has 0 unspecified atom stereocenters. The van der Waals surface area contributed by atoms with Crippen molar-refractivity contribution in [2.75, 3.05) is 20.7 Å². The quantitative estimate of drug-likeness (QED) is 0.594. The van der Waals surface area contributed by atoms with Gasteiger partial charge < -0.3 is 9.64 Å². The normalized spacial score (nSPS) is 10.7. The fourth-order valence-electron chi connectivity index (χ4n) is 1.50. The summed E-state index contributed by atoms with van der Waals surface area (Å²) in [6.45, 7) is 2.57. The van der Waals surface area contributed by atoms with E-state index in [1.165, 1.54) is 12.0 Å². The molecular weight excluding hydrogens is 262 g/mol. The molecule has 0 bridgehead atoms. The lowest BCUT2D eigenvalue weighted by Gasteiger charge is -2.14. The Hall–Kier alpha value is -1.62. The Kier molecular flexibility index (Phi) is 6.29. The van der Waals surface area contributed by atoms with Crippen LogP contribution in [0.2, 0.25) is 0 Å². The van der Waals surface area contributed by atoms with Gasteiger partial charge in [-0.2, -0.15) is 0 Å². The van der Waals surface area contributed by atoms with E-state index in [1.54, 1.807) is 29.4 Å². The zero-order valence-corrected chi connectivity index (χ0v) is 12.3. The molecule has 0 aliphatic heterocycles. The van der Waals surface area contributed by atoms with Crippen LogP contribution in [-0.4, -0.2) is 37.5 Å². The third-order valence-corrected chi connectivity index (χ3v) is 3.60. The van der Waals surface area contributed by atoms with Gasteiger partial charge in [0.25, 0.3) is 0 Å². The van der Waals surface area contributed by atoms with Gasteiger partial charge in [0.05, 0.1) is 7.11 Å². The molecule has 0 aliphatic rings. The molecule has 0 saturated carbocycles. The number of hydrogen-bond donors (Lipinski definition) is 0. The standard InChI is InChI=1S/C14H19NO3S/c1-11-6-7-12(19-11)8-9-13(16)15(2)10-4-5-14(17)18-3/h6-9H,4-5,10H2,1-3H3/b9-8-. The number of hydrogen-bond acceptors (Lipinski definition) is 4. The van der Waals surface area contributed by atoms with Crippen LogP contribution in [0.3, 0.4) is 0 Å². The largest absolute Gasteiger partial charge is 0.469 e. The topological polar surface area (TPSA) is 46.6 Å². The van der Waals surface area contributed by atoms with Gasteiger partial charge in [0.2, 0.25) is 5.91 Å². The zero-order valence-electron chi connectivity index (χ0n) is 11.5. The second-order valence-corrected chi connectivity index (χ2v) is 5.54. The molecule has 1 heterocycles. The number of carbonyl (C=O) groups is 2. The van der Waals surface area contributed by atoms with Gasteiger partial charge in [-0.1, -0.05) is 0 Å². The van der Waals surface area contributed by atoms with Crippen molar-refractivity contribution in [3.8, 4) is 0 Å². The van der Waals surface area contributed by atoms with Gasteiger partial charge in [-0.25, -0.2) is 0 Å². The summed E-state index contributed by atoms with van der Waals surface area (Å²) in [4.78, 5) is 26.6. The van der Waals surface area contributed by atoms with E-state index in [0.717, 1.165) is 4.88 Å². The van der Waals surface area contributed by atoms with Crippen LogP contribution in [0.25, 0.3) is 6.08 Å². The molecule has 1 amide bonds. The summed E-state index contributed by atoms with van der Waals surface area (Å²) in [6.07, 6.45) is 4.32. The number of esters is 1. The Morgan fingerprint density at radius 1 is 1.42 bits per heavy atom. The first-order valence-corrected chi connectivity index (χ1v) is 6.91. The third-order valence-electron chi connectivity index (χ3n) is 2.63. The van der Waals surface area contributed by atoms with E-state index < -0.39 is 0 Å². The molecule has 1 aromatic heterocycles. The van der Waals surface area contributed by atoms with Gasteiger partial charge in [-0.05, 0) is 31.6 Å². The SMILES string of the molecule is COC(=O)CCCN(C)C(=O)/C=C\c1ccc(C)s1. The van der Waals surface area contributed by atoms with Gasteiger partial charge in [-0.3, -0.25) is 9.59 Å². The molecule has 0 fully saturated rings. The average molecular weight is 281 g/mol. The van der Waals surface area contributed by atoms with Crippen molar-refractivity contribution in [3.63, 3.8) is 0 Å². The number of aryl methyl sites for hydroxylation is 1. The van der Waals surface area contributed by atoms with Crippen LogP contribution in [0.1, 0.15) is 22.6 Å². The molecule has 1 rings (SSSR count). The van der Waals surface area contributed by atoms with Crippen LogP contribution < -0.4 is 0 Å². The van der Waals surface area contributed by atoms with Crippen LogP contribution >= 0.6 is 11.3 Å². The van der Waals surface area contributed by atoms with E-state index in [0.29, 0.717) is 19.4 Å². The van der Waals surface area contributed by atoms with Crippen LogP contribution in [0.5, 0.6) is 0 Å². The molecule has 1 aromatic rings. The molecule has 0 N–H and O–H groups in total. The smallest absolute Gasteiger partial charge is 0.305 e. The highest BCUT2D eigenvalue weighted by atomic mass is 32.1. The summed E-state index contributed by atoms with van der Waals surface area (Å²) in [6, 6.07) is 4.01. The maximum Gasteiger partial charge on any atom is 0.305 e. The Morgan fingerprint density at radius 2 is 2.16 bits per heavy atom. The summed E-state index contributed by atoms with van der Waals surface area (Å²) >= 11 is 1.65. The van der Waals surface area contributed by atoms with Gasteiger partial charge in [0.15, 0.2) is 0 Å². The van der Waals surface area contributed by atoms with E-state index in [4.69, 9.17) is 0 Å². The number of nitrogens with zero attached hydrogens (tertiary/aromatic N) is 1. The van der Waals surface area contributed by atoms with Gasteiger partial charge in [-0.15, -0.1) is 11.3 Å². The van der Waals surface area contributed by atoms with Crippen molar-refractivity contribution < 1.29 is 14.3 Å². The van der Waals surface area contributed by atoms with Crippen molar-refractivity contribution >= 4 is 29.3 Å². The third kappa shape index (κ3) is 5.70. The molecule has 0 saturated heterocycles. The zero-order chi connectivity index (χ0) is 14.3. The minimum absolute atomic E-state index is 0.0593. The summed E-state index contributed by atoms with van der Waals surface area (Å²) in [5, 5.41) is 0. The lowest BCUT2D eigenvalue weighted by molar-refractivity contribution is -0.141. The monoisotopic (exact) mass is 281 g/mol. The van der Waals surface area contributed by atoms with Gasteiger partial charge >= 0.3 is 5.97 Å². The minimum Gasteiger partial charge on any atom is -0.469 e. The number of amides is 1. The Morgan fingerprint density at radius 3 is 2.74 bits per heavy atom. The van der Waals surface area contributed by atoms with E-state index in [1.807, 2.05) is 25.1 Å². The van der Waals surface area contributed by atoms with E-state index in [9.17, 15) is 9.59 Å². The van der Waals surface area contributed by atoms with Crippen molar-refractivity contribution in [1.82, 2.24) is 4.90 Å². The number of thiophene rings is 1. The van der Waals surface area contributed by atoms with Crippen molar-refractivity contribution in [3.05, 3.63) is 28.0 Å². The number of carbonyl (C=O) groups excluding carboxylic acids is 2. The highest BCUT2D eigenvalue weighted by Gasteiger charge is 2.06. The number of rotatable bonds is 6. The Bertz CT molecular complexity index is 465. The lowest BCUT2D eigenvalue weighted by Crippen LogP contribution is -2.26. The highest BCUT2D eigenvalue weighted by molar-refractivity contribution is 7.12. The average Bonchev–Trinajstić information content (AvgIpc) is 2.81. The van der Waals surface area contributed by atoms with Crippen molar-refractivity contribution in [2.24, 2.45) is 0 Å². The fraction of sp³-hybridized carbons (Fsp3) is 0.429. The molecule has 5 heteroatoms. The molecular formula is C14H19NO3S. The second-order valence-electron chi connectivity index (χ2n) is 4.22. The van der Waals surface area contributed by atoms with E-state index in [2.05, 4.69) is 4.74 Å². The molecule has 4 nitrogen and oxygen atoms in total. The van der Waals surface area contributed by atoms with Crippen LogP contribution in [-0.2, 0) is 14.3 Å². The van der Waals surface area contributed by atoms with Crippen molar-refractivity contribution in [2.45, 2.75) is 19.8 Å². The van der Waals surface area contributed by atoms with E-state index >= 15 is 0 Å². The first-order valence-electron chi connectivity index (χ1n) is 6.09. The molecule has 19 heavy (non-hydrogen) atoms. The first-order chi connectivity index (χ1) is 9.02. The van der Waals surface area contributed by atoms with Crippen LogP contribution in [0.15, 0.2) is 18.2 Å². The Balaban J connectivity index is 2.36. The molecule has 0 radical (unpaired) electrons. The summed E-state index contributed by atoms with van der Waals surface area (Å²) in [7, 11) is 3.09. The maximum absolute atomic E-state index is 11.8. The lowest BCUT2D eigenvalue weighted by atomic mass is 10.3. The predicted molar refractivity (Wildman–Crippen MR) is 77.0 cm³/mol. The van der Waals surface area contributed by atoms with Gasteiger partial charge in [0, 0.05) is 35.8 Å². The van der Waals surface area contributed by atoms with E-state index in [-0.39, 0.29) is 11.9 Å². The fourth-order valence-corrected chi connectivity index (χ4v) is 2.28. The maximum atomic E-state index is 11.8. The molecule has 0 spiro atoms. The molecule has 0 aromatic carbocycles. The number of methoxy groups -OCH3 is 1. The Labute approximate surface area is 117 Å². The van der Waals surface area contributed by atoms with Crippen LogP contribution in [0, 0.1) is 6.92 Å². The van der Waals surface area contributed by atoms with Crippen LogP contribution in [0.4, 0.5) is 0 Å². The predicted octanol–water partition coefficient (Wildman–Crippen LogP) is 2.48.